The number of nitrogens with one attached hydrogen (secondary N) is 1. The van der Waals surface area contributed by atoms with Crippen LogP contribution in [0.15, 0.2) is 77.9 Å². The van der Waals surface area contributed by atoms with Crippen molar-refractivity contribution in [2.75, 3.05) is 0 Å². The first-order chi connectivity index (χ1) is 14.0. The first-order valence-electron chi connectivity index (χ1n) is 8.61. The Morgan fingerprint density at radius 2 is 1.83 bits per heavy atom. The van der Waals surface area contributed by atoms with Crippen LogP contribution in [0.4, 0.5) is 5.69 Å². The van der Waals surface area contributed by atoms with Gasteiger partial charge in [0.25, 0.3) is 11.6 Å². The van der Waals surface area contributed by atoms with Gasteiger partial charge in [-0.2, -0.15) is 5.10 Å². The van der Waals surface area contributed by atoms with Gasteiger partial charge in [-0.25, -0.2) is 5.43 Å². The lowest BCUT2D eigenvalue weighted by molar-refractivity contribution is -0.384. The number of nitro groups is 1. The van der Waals surface area contributed by atoms with E-state index in [1.165, 1.54) is 12.1 Å². The van der Waals surface area contributed by atoms with Crippen molar-refractivity contribution in [3.8, 4) is 11.5 Å². The Hall–Kier alpha value is -4.20. The zero-order chi connectivity index (χ0) is 20.6. The SMILES string of the molecule is O=C(NN=Cc1cc([N+](=O)[O-])ccc1O)c1ccccc1OCc1ccccc1. The third-order valence-electron chi connectivity index (χ3n) is 3.96. The smallest absolute Gasteiger partial charge is 0.275 e. The van der Waals surface area contributed by atoms with Crippen LogP contribution in [0, 0.1) is 10.1 Å². The number of benzene rings is 3. The fourth-order valence-electron chi connectivity index (χ4n) is 2.49. The molecule has 0 aromatic heterocycles. The van der Waals surface area contributed by atoms with E-state index in [0.717, 1.165) is 17.8 Å². The molecule has 0 fully saturated rings. The molecular weight excluding hydrogens is 374 g/mol. The number of ether oxygens (including phenoxy) is 1. The van der Waals surface area contributed by atoms with Gasteiger partial charge in [0.2, 0.25) is 0 Å². The normalized spacial score (nSPS) is 10.6. The molecule has 146 valence electrons. The summed E-state index contributed by atoms with van der Waals surface area (Å²) in [6.07, 6.45) is 1.13. The number of non-ortho nitro benzene ring substituents is 1. The van der Waals surface area contributed by atoms with Gasteiger partial charge < -0.3 is 9.84 Å². The minimum Gasteiger partial charge on any atom is -0.507 e. The van der Waals surface area contributed by atoms with Gasteiger partial charge in [-0.3, -0.25) is 14.9 Å². The largest absolute Gasteiger partial charge is 0.507 e. The van der Waals surface area contributed by atoms with E-state index in [1.807, 2.05) is 30.3 Å². The highest BCUT2D eigenvalue weighted by Gasteiger charge is 2.12. The average molecular weight is 391 g/mol. The Morgan fingerprint density at radius 1 is 1.10 bits per heavy atom. The maximum Gasteiger partial charge on any atom is 0.275 e. The summed E-state index contributed by atoms with van der Waals surface area (Å²) in [6.45, 7) is 0.302. The number of carbonyl (C=O) groups excluding carboxylic acids is 1. The second kappa shape index (κ2) is 9.14. The van der Waals surface area contributed by atoms with E-state index in [4.69, 9.17) is 4.74 Å². The monoisotopic (exact) mass is 391 g/mol. The molecule has 8 nitrogen and oxygen atoms in total. The van der Waals surface area contributed by atoms with Gasteiger partial charge in [-0.05, 0) is 23.8 Å². The van der Waals surface area contributed by atoms with Crippen LogP contribution in [0.1, 0.15) is 21.5 Å². The topological polar surface area (TPSA) is 114 Å². The number of hydrogen-bond donors (Lipinski definition) is 2. The van der Waals surface area contributed by atoms with Crippen LogP contribution in [-0.2, 0) is 6.61 Å². The number of phenolic OH excluding ortho intramolecular Hbond substituents is 1. The highest BCUT2D eigenvalue weighted by atomic mass is 16.6. The van der Waals surface area contributed by atoms with E-state index in [2.05, 4.69) is 10.5 Å². The molecule has 0 saturated heterocycles. The molecule has 0 radical (unpaired) electrons. The standard InChI is InChI=1S/C21H17N3O5/c25-19-11-10-17(24(27)28)12-16(19)13-22-23-21(26)18-8-4-5-9-20(18)29-14-15-6-2-1-3-7-15/h1-13,25H,14H2,(H,23,26). The molecule has 1 amide bonds. The Labute approximate surface area is 166 Å². The molecule has 0 aliphatic rings. The van der Waals surface area contributed by atoms with Crippen LogP contribution >= 0.6 is 0 Å². The maximum absolute atomic E-state index is 12.5. The van der Waals surface area contributed by atoms with Crippen LogP contribution < -0.4 is 10.2 Å². The summed E-state index contributed by atoms with van der Waals surface area (Å²) in [5.41, 5.74) is 3.48. The fraction of sp³-hybridized carbons (Fsp3) is 0.0476. The predicted molar refractivity (Wildman–Crippen MR) is 107 cm³/mol. The summed E-state index contributed by atoms with van der Waals surface area (Å²) in [6, 6.07) is 19.8. The van der Waals surface area contributed by atoms with Crippen LogP contribution in [0.2, 0.25) is 0 Å². The molecule has 3 rings (SSSR count). The molecule has 0 heterocycles. The average Bonchev–Trinajstić information content (AvgIpc) is 2.74. The molecule has 0 atom stereocenters. The number of rotatable bonds is 7. The number of hydrogen-bond acceptors (Lipinski definition) is 6. The minimum atomic E-state index is -0.588. The second-order valence-electron chi connectivity index (χ2n) is 5.97. The quantitative estimate of drug-likeness (QED) is 0.363. The second-order valence-corrected chi connectivity index (χ2v) is 5.97. The van der Waals surface area contributed by atoms with Crippen LogP contribution in [0.5, 0.6) is 11.5 Å². The molecule has 0 aliphatic heterocycles. The van der Waals surface area contributed by atoms with E-state index in [9.17, 15) is 20.0 Å². The van der Waals surface area contributed by atoms with Crippen molar-refractivity contribution in [2.24, 2.45) is 5.10 Å². The van der Waals surface area contributed by atoms with E-state index in [1.54, 1.807) is 24.3 Å². The van der Waals surface area contributed by atoms with Crippen LogP contribution in [0.25, 0.3) is 0 Å². The molecule has 29 heavy (non-hydrogen) atoms. The summed E-state index contributed by atoms with van der Waals surface area (Å²) in [5, 5.41) is 24.4. The molecule has 0 aliphatic carbocycles. The summed E-state index contributed by atoms with van der Waals surface area (Å²) >= 11 is 0. The summed E-state index contributed by atoms with van der Waals surface area (Å²) < 4.78 is 5.74. The highest BCUT2D eigenvalue weighted by molar-refractivity contribution is 5.97. The van der Waals surface area contributed by atoms with Crippen LogP contribution in [0.3, 0.4) is 0 Å². The third-order valence-corrected chi connectivity index (χ3v) is 3.96. The molecule has 2 N–H and O–H groups in total. The molecular formula is C21H17N3O5. The Balaban J connectivity index is 1.69. The van der Waals surface area contributed by atoms with E-state index in [0.29, 0.717) is 12.4 Å². The van der Waals surface area contributed by atoms with Gasteiger partial charge in [0.1, 0.15) is 18.1 Å². The lowest BCUT2D eigenvalue weighted by Gasteiger charge is -2.10. The molecule has 3 aromatic rings. The van der Waals surface area contributed by atoms with Crippen molar-refractivity contribution in [3.05, 3.63) is 99.6 Å². The first kappa shape index (κ1) is 19.6. The highest BCUT2D eigenvalue weighted by Crippen LogP contribution is 2.22. The number of carbonyl (C=O) groups is 1. The van der Waals surface area contributed by atoms with Crippen molar-refractivity contribution in [1.29, 1.82) is 0 Å². The molecule has 0 bridgehead atoms. The molecule has 0 unspecified atom stereocenters. The Bertz CT molecular complexity index is 1050. The van der Waals surface area contributed by atoms with Gasteiger partial charge in [0.15, 0.2) is 0 Å². The van der Waals surface area contributed by atoms with E-state index >= 15 is 0 Å². The lowest BCUT2D eigenvalue weighted by Crippen LogP contribution is -2.18. The maximum atomic E-state index is 12.5. The number of hydrazone groups is 1. The molecule has 0 saturated carbocycles. The summed E-state index contributed by atoms with van der Waals surface area (Å²) in [7, 11) is 0. The number of aromatic hydroxyl groups is 1. The molecule has 3 aromatic carbocycles. The van der Waals surface area contributed by atoms with Gasteiger partial charge in [-0.1, -0.05) is 42.5 Å². The molecule has 8 heteroatoms. The third kappa shape index (κ3) is 5.16. The summed E-state index contributed by atoms with van der Waals surface area (Å²) in [4.78, 5) is 22.7. The number of nitrogens with zero attached hydrogens (tertiary/aromatic N) is 2. The molecule has 0 spiro atoms. The number of amides is 1. The van der Waals surface area contributed by atoms with Crippen molar-refractivity contribution >= 4 is 17.8 Å². The van der Waals surface area contributed by atoms with Crippen molar-refractivity contribution < 1.29 is 19.6 Å². The van der Waals surface area contributed by atoms with E-state index in [-0.39, 0.29) is 22.6 Å². The van der Waals surface area contributed by atoms with Gasteiger partial charge >= 0.3 is 0 Å². The van der Waals surface area contributed by atoms with Gasteiger partial charge in [0.05, 0.1) is 16.7 Å². The lowest BCUT2D eigenvalue weighted by atomic mass is 10.2. The Kier molecular flexibility index (Phi) is 6.16. The van der Waals surface area contributed by atoms with Crippen molar-refractivity contribution in [2.45, 2.75) is 6.61 Å². The fourth-order valence-corrected chi connectivity index (χ4v) is 2.49. The zero-order valence-electron chi connectivity index (χ0n) is 15.2. The number of phenols is 1. The van der Waals surface area contributed by atoms with Crippen LogP contribution in [-0.4, -0.2) is 22.2 Å². The minimum absolute atomic E-state index is 0.105. The number of nitro benzene ring substituents is 1. The van der Waals surface area contributed by atoms with Gasteiger partial charge in [-0.15, -0.1) is 0 Å². The van der Waals surface area contributed by atoms with Crippen molar-refractivity contribution in [3.63, 3.8) is 0 Å². The first-order valence-corrected chi connectivity index (χ1v) is 8.61. The van der Waals surface area contributed by atoms with E-state index < -0.39 is 10.8 Å². The van der Waals surface area contributed by atoms with Crippen molar-refractivity contribution in [1.82, 2.24) is 5.43 Å². The predicted octanol–water partition coefficient (Wildman–Crippen LogP) is 3.64. The summed E-state index contributed by atoms with van der Waals surface area (Å²) in [5.74, 6) is -0.322. The Morgan fingerprint density at radius 3 is 2.59 bits per heavy atom. The van der Waals surface area contributed by atoms with Gasteiger partial charge in [0, 0.05) is 17.7 Å². The number of para-hydroxylation sites is 1. The zero-order valence-corrected chi connectivity index (χ0v) is 15.2.